The monoisotopic (exact) mass is 973 g/mol. The van der Waals surface area contributed by atoms with Crippen LogP contribution in [0.4, 0.5) is 0 Å². The van der Waals surface area contributed by atoms with E-state index in [2.05, 4.69) is 51.3 Å². The molecule has 376 valence electrons. The molecule has 1 heterocycles. The highest BCUT2D eigenvalue weighted by molar-refractivity contribution is 8.20. The third-order valence-corrected chi connectivity index (χ3v) is 17.8. The molecule has 4 aliphatic rings. The van der Waals surface area contributed by atoms with Crippen LogP contribution in [0.25, 0.3) is 0 Å². The van der Waals surface area contributed by atoms with Crippen molar-refractivity contribution < 1.29 is 39.5 Å². The Kier molecular flexibility index (Phi) is 22.8. The van der Waals surface area contributed by atoms with Gasteiger partial charge in [0.25, 0.3) is 0 Å². The molecular weight excluding hydrogens is 889 g/mol. The number of aromatic hydroxyl groups is 4. The molecule has 2 unspecified atom stereocenters. The molecule has 8 nitrogen and oxygen atoms in total. The van der Waals surface area contributed by atoms with Gasteiger partial charge in [0.05, 0.1) is 4.08 Å². The van der Waals surface area contributed by atoms with E-state index in [4.69, 9.17) is 9.47 Å². The summed E-state index contributed by atoms with van der Waals surface area (Å²) in [5.41, 5.74) is 7.09. The summed E-state index contributed by atoms with van der Waals surface area (Å²) in [5.74, 6) is 1.97. The first kappa shape index (κ1) is 56.6. The average molecular weight is 973 g/mol. The number of phenolic OH excluding ortho intramolecular Hbond substituents is 4. The minimum atomic E-state index is -0.307. The lowest BCUT2D eigenvalue weighted by Gasteiger charge is -2.33. The van der Waals surface area contributed by atoms with Crippen LogP contribution >= 0.6 is 23.5 Å². The number of hydrogen-bond donors (Lipinski definition) is 4. The van der Waals surface area contributed by atoms with Crippen molar-refractivity contribution in [1.29, 1.82) is 0 Å². The van der Waals surface area contributed by atoms with Crippen LogP contribution in [-0.4, -0.2) is 57.1 Å². The van der Waals surface area contributed by atoms with Crippen molar-refractivity contribution in [3.63, 3.8) is 0 Å². The molecule has 1 saturated carbocycles. The van der Waals surface area contributed by atoms with Gasteiger partial charge in [0, 0.05) is 53.7 Å². The second-order valence-electron chi connectivity index (χ2n) is 19.3. The first-order chi connectivity index (χ1) is 32.5. The van der Waals surface area contributed by atoms with Crippen LogP contribution < -0.4 is 0 Å². The molecule has 0 spiro atoms. The molecule has 3 aliphatic carbocycles. The Bertz CT molecular complexity index is 2060. The van der Waals surface area contributed by atoms with Crippen LogP contribution in [0.5, 0.6) is 23.0 Å². The number of hydrogen-bond acceptors (Lipinski definition) is 10. The lowest BCUT2D eigenvalue weighted by Crippen LogP contribution is -2.21. The summed E-state index contributed by atoms with van der Waals surface area (Å²) >= 11 is 3.88. The van der Waals surface area contributed by atoms with E-state index >= 15 is 0 Å². The number of allylic oxidation sites excluding steroid dienone is 6. The van der Waals surface area contributed by atoms with Gasteiger partial charge in [-0.3, -0.25) is 9.59 Å². The SMILES string of the molecule is C=C(C)C1CCC(COC(C)=O)=C[C@@H]1c1c(O)cc(C2(/C=C\CCCC)CCCC2)cc1O.C=C(C)C1CCC(COC(C)=O)=C[C@@H]1c1c(O)cc(C2(CCCCCC)SCCS2)cc1O.CC. The van der Waals surface area contributed by atoms with E-state index in [0.29, 0.717) is 11.1 Å². The summed E-state index contributed by atoms with van der Waals surface area (Å²) in [6.07, 6.45) is 25.7. The highest BCUT2D eigenvalue weighted by Crippen LogP contribution is 2.58. The number of thioether (sulfide) groups is 2. The maximum absolute atomic E-state index is 11.3. The van der Waals surface area contributed by atoms with E-state index < -0.39 is 0 Å². The minimum absolute atomic E-state index is 0.0993. The predicted octanol–water partition coefficient (Wildman–Crippen LogP) is 15.5. The number of carbonyl (C=O) groups is 2. The van der Waals surface area contributed by atoms with Crippen molar-refractivity contribution >= 4 is 35.5 Å². The molecule has 0 bridgehead atoms. The summed E-state index contributed by atoms with van der Waals surface area (Å²) in [6.45, 7) is 24.1. The maximum atomic E-state index is 11.3. The van der Waals surface area contributed by atoms with Crippen molar-refractivity contribution in [1.82, 2.24) is 0 Å². The Morgan fingerprint density at radius 2 is 1.12 bits per heavy atom. The molecule has 68 heavy (non-hydrogen) atoms. The molecule has 0 amide bonds. The molecule has 2 fully saturated rings. The molecule has 6 rings (SSSR count). The molecule has 0 radical (unpaired) electrons. The zero-order valence-electron chi connectivity index (χ0n) is 42.7. The molecule has 2 aromatic carbocycles. The summed E-state index contributed by atoms with van der Waals surface area (Å²) in [5, 5.41) is 44.7. The molecule has 10 heteroatoms. The quantitative estimate of drug-likeness (QED) is 0.0612. The summed E-state index contributed by atoms with van der Waals surface area (Å²) < 4.78 is 10.3. The number of rotatable bonds is 19. The highest BCUT2D eigenvalue weighted by Gasteiger charge is 2.40. The van der Waals surface area contributed by atoms with Gasteiger partial charge in [-0.2, -0.15) is 0 Å². The van der Waals surface area contributed by atoms with Crippen LogP contribution in [0.3, 0.4) is 0 Å². The van der Waals surface area contributed by atoms with E-state index in [-0.39, 0.29) is 81.3 Å². The zero-order chi connectivity index (χ0) is 50.0. The fourth-order valence-corrected chi connectivity index (χ4v) is 13.9. The fourth-order valence-electron chi connectivity index (χ4n) is 10.6. The molecule has 0 aromatic heterocycles. The Labute approximate surface area is 418 Å². The average Bonchev–Trinajstić information content (AvgIpc) is 4.00. The summed E-state index contributed by atoms with van der Waals surface area (Å²) in [6, 6.07) is 7.50. The second kappa shape index (κ2) is 27.4. The normalized spacial score (nSPS) is 21.6. The van der Waals surface area contributed by atoms with E-state index in [1.807, 2.05) is 75.5 Å². The molecular formula is C58H84O8S2. The van der Waals surface area contributed by atoms with Gasteiger partial charge < -0.3 is 29.9 Å². The number of unbranched alkanes of at least 4 members (excludes halogenated alkanes) is 5. The number of ether oxygens (including phenoxy) is 2. The standard InChI is InChI=1S/C29H40O4.C27H38O4S2.C2H6/c1-5-6-7-8-13-29(14-9-10-15-29)23-17-26(31)28(27(32)18-23)25-16-22(19-33-21(4)30)11-12-24(25)20(2)3;1-5-6-7-8-11-27(32-12-13-33-27)21-15-24(29)26(25(30)16-21)23-14-20(17-31-19(4)28)9-10-22(23)18(2)3;1-2/h8,13,16-18,24-25,31-32H,2,5-7,9-12,14-15,19H2,1,3-4H3;14-16,22-23,29-30H,2,5-13,17H2,1,3-4H3;1-2H3/b13-8-;;/t24?,25-;22?,23-;/m00./s1. The first-order valence-electron chi connectivity index (χ1n) is 25.6. The third kappa shape index (κ3) is 15.0. The van der Waals surface area contributed by atoms with Gasteiger partial charge in [0.2, 0.25) is 0 Å². The Morgan fingerprint density at radius 1 is 0.676 bits per heavy atom. The van der Waals surface area contributed by atoms with E-state index in [0.717, 1.165) is 116 Å². The number of phenols is 4. The van der Waals surface area contributed by atoms with Gasteiger partial charge >= 0.3 is 11.9 Å². The lowest BCUT2D eigenvalue weighted by molar-refractivity contribution is -0.141. The van der Waals surface area contributed by atoms with Gasteiger partial charge in [-0.1, -0.05) is 128 Å². The number of benzene rings is 2. The van der Waals surface area contributed by atoms with Crippen molar-refractivity contribution in [3.8, 4) is 23.0 Å². The van der Waals surface area contributed by atoms with Gasteiger partial charge in [-0.05, 0) is 124 Å². The number of carbonyl (C=O) groups excluding carboxylic acids is 2. The molecule has 1 aliphatic heterocycles. The second-order valence-corrected chi connectivity index (χ2v) is 22.3. The van der Waals surface area contributed by atoms with Crippen LogP contribution in [-0.2, 0) is 28.6 Å². The summed E-state index contributed by atoms with van der Waals surface area (Å²) in [7, 11) is 0. The lowest BCUT2D eigenvalue weighted by atomic mass is 9.72. The fraction of sp³-hybridized carbons (Fsp3) is 0.586. The van der Waals surface area contributed by atoms with Crippen LogP contribution in [0, 0.1) is 11.8 Å². The summed E-state index contributed by atoms with van der Waals surface area (Å²) in [4.78, 5) is 22.6. The largest absolute Gasteiger partial charge is 0.507 e. The Balaban J connectivity index is 0.000000286. The molecule has 4 N–H and O–H groups in total. The smallest absolute Gasteiger partial charge is 0.302 e. The highest BCUT2D eigenvalue weighted by atomic mass is 32.2. The van der Waals surface area contributed by atoms with Crippen molar-refractivity contribution in [2.24, 2.45) is 11.8 Å². The molecule has 2 aromatic rings. The van der Waals surface area contributed by atoms with E-state index in [9.17, 15) is 30.0 Å². The Hall–Kier alpha value is -4.02. The van der Waals surface area contributed by atoms with Crippen LogP contribution in [0.15, 0.2) is 84.0 Å². The van der Waals surface area contributed by atoms with Crippen LogP contribution in [0.2, 0.25) is 0 Å². The van der Waals surface area contributed by atoms with Gasteiger partial charge in [0.1, 0.15) is 36.2 Å². The maximum Gasteiger partial charge on any atom is 0.302 e. The zero-order valence-corrected chi connectivity index (χ0v) is 44.4. The van der Waals surface area contributed by atoms with Crippen molar-refractivity contribution in [2.75, 3.05) is 24.7 Å². The molecule has 4 atom stereocenters. The predicted molar refractivity (Wildman–Crippen MR) is 285 cm³/mol. The van der Waals surface area contributed by atoms with Crippen LogP contribution in [0.1, 0.15) is 192 Å². The first-order valence-corrected chi connectivity index (χ1v) is 27.6. The third-order valence-electron chi connectivity index (χ3n) is 14.2. The number of esters is 2. The van der Waals surface area contributed by atoms with Crippen molar-refractivity contribution in [3.05, 3.63) is 106 Å². The van der Waals surface area contributed by atoms with Gasteiger partial charge in [-0.15, -0.1) is 23.5 Å². The minimum Gasteiger partial charge on any atom is -0.507 e. The van der Waals surface area contributed by atoms with Gasteiger partial charge in [-0.25, -0.2) is 0 Å². The Morgan fingerprint density at radius 3 is 1.53 bits per heavy atom. The van der Waals surface area contributed by atoms with E-state index in [1.165, 1.54) is 46.0 Å². The topological polar surface area (TPSA) is 134 Å². The van der Waals surface area contributed by atoms with Crippen molar-refractivity contribution in [2.45, 2.75) is 179 Å². The van der Waals surface area contributed by atoms with Gasteiger partial charge in [0.15, 0.2) is 0 Å². The molecule has 1 saturated heterocycles. The van der Waals surface area contributed by atoms with E-state index in [1.54, 1.807) is 0 Å².